The lowest BCUT2D eigenvalue weighted by Crippen LogP contribution is -2.51. The van der Waals surface area contributed by atoms with Crippen LogP contribution in [-0.2, 0) is 19.4 Å². The first-order valence-electron chi connectivity index (χ1n) is 9.73. The zero-order valence-electron chi connectivity index (χ0n) is 15.0. The fraction of sp³-hybridized carbons (Fsp3) is 0.778. The van der Waals surface area contributed by atoms with E-state index in [4.69, 9.17) is 0 Å². The average molecular weight is 410 g/mol. The molecule has 1 aromatic rings. The van der Waals surface area contributed by atoms with Gasteiger partial charge in [0.15, 0.2) is 5.78 Å². The fourth-order valence-electron chi connectivity index (χ4n) is 5.78. The van der Waals surface area contributed by atoms with E-state index in [2.05, 4.69) is 15.5 Å². The summed E-state index contributed by atoms with van der Waals surface area (Å²) in [4.78, 5) is 24.9. The lowest BCUT2D eigenvalue weighted by Gasteiger charge is -2.55. The number of aromatic nitrogens is 2. The van der Waals surface area contributed by atoms with Gasteiger partial charge in [0.25, 0.3) is 0 Å². The highest BCUT2D eigenvalue weighted by Crippen LogP contribution is 2.60. The molecule has 0 unspecified atom stereocenters. The molecule has 9 heteroatoms. The predicted octanol–water partition coefficient (Wildman–Crippen LogP) is 2.45. The molecule has 7 nitrogen and oxygen atoms in total. The standard InChI is InChI=1S/C18H23N3O4S2/c22-14(18-6-10-3-11(7-18)5-12(4-10)8-18)9-27(24,25)17-21-20-16(26-17)19-15(23)13-1-2-13/h10-13H,1-9H2,(H,19,20,23). The second-order valence-electron chi connectivity index (χ2n) is 9.02. The van der Waals surface area contributed by atoms with Crippen LogP contribution >= 0.6 is 11.3 Å². The second kappa shape index (κ2) is 6.07. The van der Waals surface area contributed by atoms with Crippen LogP contribution in [0.5, 0.6) is 0 Å². The van der Waals surface area contributed by atoms with Gasteiger partial charge in [0, 0.05) is 11.3 Å². The van der Waals surface area contributed by atoms with Crippen molar-refractivity contribution in [3.8, 4) is 0 Å². The number of rotatable bonds is 6. The highest BCUT2D eigenvalue weighted by molar-refractivity contribution is 7.94. The van der Waals surface area contributed by atoms with Crippen LogP contribution < -0.4 is 5.32 Å². The zero-order chi connectivity index (χ0) is 18.8. The van der Waals surface area contributed by atoms with Crippen molar-refractivity contribution in [1.29, 1.82) is 0 Å². The summed E-state index contributed by atoms with van der Waals surface area (Å²) in [6.07, 6.45) is 7.90. The highest BCUT2D eigenvalue weighted by Gasteiger charge is 2.54. The Hall–Kier alpha value is -1.35. The van der Waals surface area contributed by atoms with E-state index in [0.29, 0.717) is 17.8 Å². The van der Waals surface area contributed by atoms with E-state index in [1.165, 1.54) is 19.3 Å². The quantitative estimate of drug-likeness (QED) is 0.724. The SMILES string of the molecule is O=C(Nc1nnc(S(=O)(=O)CC(=O)C23CC4CC(CC(C4)C2)C3)s1)C1CC1. The number of nitrogens with zero attached hydrogens (tertiary/aromatic N) is 2. The maximum atomic E-state index is 13.1. The van der Waals surface area contributed by atoms with Crippen molar-refractivity contribution in [3.05, 3.63) is 0 Å². The summed E-state index contributed by atoms with van der Waals surface area (Å²) in [5.74, 6) is 1.01. The maximum absolute atomic E-state index is 13.1. The molecule has 5 saturated carbocycles. The number of ketones is 1. The first-order valence-corrected chi connectivity index (χ1v) is 12.2. The number of hydrogen-bond acceptors (Lipinski definition) is 7. The minimum absolute atomic E-state index is 0.00613. The normalized spacial score (nSPS) is 34.6. The Bertz CT molecular complexity index is 868. The fourth-order valence-corrected chi connectivity index (χ4v) is 8.12. The highest BCUT2D eigenvalue weighted by atomic mass is 32.2. The number of nitrogens with one attached hydrogen (secondary N) is 1. The third-order valence-electron chi connectivity index (χ3n) is 6.80. The van der Waals surface area contributed by atoms with Crippen molar-refractivity contribution < 1.29 is 18.0 Å². The van der Waals surface area contributed by atoms with Crippen LogP contribution in [0.25, 0.3) is 0 Å². The summed E-state index contributed by atoms with van der Waals surface area (Å²) < 4.78 is 25.3. The first kappa shape index (κ1) is 17.7. The second-order valence-corrected chi connectivity index (χ2v) is 12.2. The summed E-state index contributed by atoms with van der Waals surface area (Å²) in [5.41, 5.74) is -0.435. The molecule has 1 N–H and O–H groups in total. The number of amides is 1. The van der Waals surface area contributed by atoms with E-state index in [1.54, 1.807) is 0 Å². The summed E-state index contributed by atoms with van der Waals surface area (Å²) >= 11 is 0.838. The van der Waals surface area contributed by atoms with Crippen LogP contribution in [-0.4, -0.2) is 36.1 Å². The molecule has 6 rings (SSSR count). The predicted molar refractivity (Wildman–Crippen MR) is 98.9 cm³/mol. The van der Waals surface area contributed by atoms with Gasteiger partial charge in [-0.2, -0.15) is 0 Å². The summed E-state index contributed by atoms with van der Waals surface area (Å²) in [7, 11) is -3.83. The van der Waals surface area contributed by atoms with Gasteiger partial charge in [0.05, 0.1) is 0 Å². The smallest absolute Gasteiger partial charge is 0.234 e. The molecule has 1 aromatic heterocycles. The molecule has 0 aromatic carbocycles. The average Bonchev–Trinajstić information content (AvgIpc) is 3.33. The lowest BCUT2D eigenvalue weighted by molar-refractivity contribution is -0.141. The molecule has 5 fully saturated rings. The number of hydrogen-bond donors (Lipinski definition) is 1. The van der Waals surface area contributed by atoms with Crippen LogP contribution in [0.2, 0.25) is 0 Å². The topological polar surface area (TPSA) is 106 Å². The third kappa shape index (κ3) is 3.22. The Labute approximate surface area is 162 Å². The van der Waals surface area contributed by atoms with Gasteiger partial charge in [0.2, 0.25) is 25.2 Å². The van der Waals surface area contributed by atoms with E-state index in [1.807, 2.05) is 0 Å². The lowest BCUT2D eigenvalue weighted by atomic mass is 9.48. The van der Waals surface area contributed by atoms with Gasteiger partial charge in [-0.3, -0.25) is 9.59 Å². The Morgan fingerprint density at radius 1 is 1.04 bits per heavy atom. The summed E-state index contributed by atoms with van der Waals surface area (Å²) in [6, 6.07) is 0. The molecule has 0 atom stereocenters. The molecular weight excluding hydrogens is 386 g/mol. The molecule has 5 aliphatic carbocycles. The van der Waals surface area contributed by atoms with Gasteiger partial charge in [-0.25, -0.2) is 8.42 Å². The molecular formula is C18H23N3O4S2. The van der Waals surface area contributed by atoms with Crippen molar-refractivity contribution in [1.82, 2.24) is 10.2 Å². The summed E-state index contributed by atoms with van der Waals surface area (Å²) in [6.45, 7) is 0. The Balaban J connectivity index is 1.30. The van der Waals surface area contributed by atoms with E-state index < -0.39 is 21.0 Å². The zero-order valence-corrected chi connectivity index (χ0v) is 16.7. The minimum atomic E-state index is -3.83. The molecule has 1 amide bonds. The largest absolute Gasteiger partial charge is 0.300 e. The monoisotopic (exact) mass is 409 g/mol. The summed E-state index contributed by atoms with van der Waals surface area (Å²) in [5, 5.41) is 10.3. The van der Waals surface area contributed by atoms with Crippen molar-refractivity contribution in [2.45, 2.75) is 55.7 Å². The molecule has 146 valence electrons. The number of carbonyl (C=O) groups is 2. The Kier molecular flexibility index (Phi) is 3.99. The molecule has 4 bridgehead atoms. The van der Waals surface area contributed by atoms with E-state index in [0.717, 1.165) is 43.4 Å². The van der Waals surface area contributed by atoms with E-state index in [-0.39, 0.29) is 27.1 Å². The van der Waals surface area contributed by atoms with Gasteiger partial charge >= 0.3 is 0 Å². The number of sulfone groups is 1. The van der Waals surface area contributed by atoms with Gasteiger partial charge in [0.1, 0.15) is 5.75 Å². The number of carbonyl (C=O) groups excluding carboxylic acids is 2. The number of anilines is 1. The van der Waals surface area contributed by atoms with Crippen LogP contribution in [0.4, 0.5) is 5.13 Å². The van der Waals surface area contributed by atoms with Crippen LogP contribution in [0.15, 0.2) is 4.34 Å². The molecule has 0 aliphatic heterocycles. The van der Waals surface area contributed by atoms with Crippen LogP contribution in [0, 0.1) is 29.1 Å². The van der Waals surface area contributed by atoms with E-state index in [9.17, 15) is 18.0 Å². The van der Waals surface area contributed by atoms with Gasteiger partial charge in [-0.15, -0.1) is 10.2 Å². The Morgan fingerprint density at radius 2 is 1.63 bits per heavy atom. The van der Waals surface area contributed by atoms with Crippen LogP contribution in [0.3, 0.4) is 0 Å². The molecule has 1 heterocycles. The molecule has 0 saturated heterocycles. The van der Waals surface area contributed by atoms with Crippen molar-refractivity contribution in [2.24, 2.45) is 29.1 Å². The molecule has 27 heavy (non-hydrogen) atoms. The molecule has 5 aliphatic rings. The van der Waals surface area contributed by atoms with Gasteiger partial charge in [-0.1, -0.05) is 11.3 Å². The van der Waals surface area contributed by atoms with Gasteiger partial charge < -0.3 is 5.32 Å². The van der Waals surface area contributed by atoms with Crippen molar-refractivity contribution in [2.75, 3.05) is 11.1 Å². The van der Waals surface area contributed by atoms with E-state index >= 15 is 0 Å². The minimum Gasteiger partial charge on any atom is -0.300 e. The third-order valence-corrected chi connectivity index (χ3v) is 9.70. The Morgan fingerprint density at radius 3 is 2.19 bits per heavy atom. The molecule has 0 spiro atoms. The maximum Gasteiger partial charge on any atom is 0.234 e. The van der Waals surface area contributed by atoms with Crippen molar-refractivity contribution in [3.63, 3.8) is 0 Å². The first-order chi connectivity index (χ1) is 12.8. The molecule has 0 radical (unpaired) electrons. The van der Waals surface area contributed by atoms with Gasteiger partial charge in [-0.05, 0) is 69.1 Å². The van der Waals surface area contributed by atoms with Crippen molar-refractivity contribution >= 4 is 38.0 Å². The number of Topliss-reactive ketones (excluding diaryl/α,β-unsaturated/α-hetero) is 1. The van der Waals surface area contributed by atoms with Crippen LogP contribution in [0.1, 0.15) is 51.4 Å².